The van der Waals surface area contributed by atoms with E-state index in [4.69, 9.17) is 14.2 Å². The Morgan fingerprint density at radius 3 is 1.77 bits per heavy atom. The Balaban J connectivity index is 1.62. The molecule has 6 heteroatoms. The van der Waals surface area contributed by atoms with Gasteiger partial charge in [0.1, 0.15) is 22.8 Å². The lowest BCUT2D eigenvalue weighted by atomic mass is 9.79. The van der Waals surface area contributed by atoms with E-state index in [9.17, 15) is 9.90 Å². The quantitative estimate of drug-likeness (QED) is 0.103. The third-order valence-electron chi connectivity index (χ3n) is 8.17. The Labute approximate surface area is 258 Å². The average Bonchev–Trinajstić information content (AvgIpc) is 3.05. The standard InChI is InChI=1S/C37H51NO5/c1-5-6-7-8-9-10-14-27-38-36(39)16-13-11-12-15-29-28-32(21-26-35(29)43-4)37(40,30-17-22-33(41-2)23-18-30)31-19-24-34(42-3)25-20-31/h17-26,28,40H,5-16,27H2,1-4H3,(H,38,39). The van der Waals surface area contributed by atoms with Gasteiger partial charge in [-0.2, -0.15) is 0 Å². The summed E-state index contributed by atoms with van der Waals surface area (Å²) in [5.41, 5.74) is 1.86. The third-order valence-corrected chi connectivity index (χ3v) is 8.17. The second-order valence-corrected chi connectivity index (χ2v) is 11.2. The molecule has 0 unspecified atom stereocenters. The minimum Gasteiger partial charge on any atom is -0.497 e. The highest BCUT2D eigenvalue weighted by atomic mass is 16.5. The number of aliphatic hydroxyl groups is 1. The van der Waals surface area contributed by atoms with Gasteiger partial charge in [-0.05, 0) is 84.3 Å². The number of hydrogen-bond acceptors (Lipinski definition) is 5. The Kier molecular flexibility index (Phi) is 14.4. The minimum atomic E-state index is -1.40. The van der Waals surface area contributed by atoms with Gasteiger partial charge in [0.05, 0.1) is 21.3 Å². The predicted molar refractivity (Wildman–Crippen MR) is 174 cm³/mol. The van der Waals surface area contributed by atoms with Crippen molar-refractivity contribution >= 4 is 5.91 Å². The number of benzene rings is 3. The van der Waals surface area contributed by atoms with Gasteiger partial charge in [-0.1, -0.05) is 82.2 Å². The van der Waals surface area contributed by atoms with Crippen molar-refractivity contribution < 1.29 is 24.1 Å². The van der Waals surface area contributed by atoms with Gasteiger partial charge in [-0.15, -0.1) is 0 Å². The van der Waals surface area contributed by atoms with E-state index in [0.29, 0.717) is 6.42 Å². The highest BCUT2D eigenvalue weighted by molar-refractivity contribution is 5.75. The van der Waals surface area contributed by atoms with Crippen LogP contribution in [0, 0.1) is 0 Å². The summed E-state index contributed by atoms with van der Waals surface area (Å²) < 4.78 is 16.4. The maximum absolute atomic E-state index is 12.4. The first-order valence-electron chi connectivity index (χ1n) is 15.9. The molecule has 2 N–H and O–H groups in total. The number of hydrogen-bond donors (Lipinski definition) is 2. The van der Waals surface area contributed by atoms with Crippen molar-refractivity contribution in [2.24, 2.45) is 0 Å². The monoisotopic (exact) mass is 589 g/mol. The van der Waals surface area contributed by atoms with Crippen LogP contribution in [0.3, 0.4) is 0 Å². The Bertz CT molecular complexity index is 1180. The summed E-state index contributed by atoms with van der Waals surface area (Å²) in [4.78, 5) is 12.3. The van der Waals surface area contributed by atoms with Gasteiger partial charge in [0.25, 0.3) is 0 Å². The fourth-order valence-electron chi connectivity index (χ4n) is 5.54. The van der Waals surface area contributed by atoms with E-state index >= 15 is 0 Å². The minimum absolute atomic E-state index is 0.148. The van der Waals surface area contributed by atoms with Gasteiger partial charge < -0.3 is 24.6 Å². The molecule has 0 aromatic heterocycles. The molecule has 6 nitrogen and oxygen atoms in total. The number of nitrogens with one attached hydrogen (secondary N) is 1. The second kappa shape index (κ2) is 18.2. The molecule has 3 rings (SSSR count). The molecular formula is C37H51NO5. The summed E-state index contributed by atoms with van der Waals surface area (Å²) in [6.07, 6.45) is 12.8. The third kappa shape index (κ3) is 10.0. The van der Waals surface area contributed by atoms with Crippen LogP contribution in [0.2, 0.25) is 0 Å². The molecule has 0 saturated heterocycles. The molecule has 0 bridgehead atoms. The normalized spacial score (nSPS) is 11.3. The first-order valence-corrected chi connectivity index (χ1v) is 15.9. The number of unbranched alkanes of at least 4 members (excludes halogenated alkanes) is 8. The first-order chi connectivity index (χ1) is 21.0. The van der Waals surface area contributed by atoms with Crippen LogP contribution in [0.1, 0.15) is 99.8 Å². The van der Waals surface area contributed by atoms with Gasteiger partial charge in [0.15, 0.2) is 0 Å². The van der Waals surface area contributed by atoms with E-state index < -0.39 is 5.60 Å². The zero-order valence-electron chi connectivity index (χ0n) is 26.6. The highest BCUT2D eigenvalue weighted by Crippen LogP contribution is 2.40. The molecule has 0 saturated carbocycles. The zero-order chi connectivity index (χ0) is 30.9. The van der Waals surface area contributed by atoms with Crippen molar-refractivity contribution in [2.45, 2.75) is 89.6 Å². The lowest BCUT2D eigenvalue weighted by Gasteiger charge is -2.31. The van der Waals surface area contributed by atoms with Crippen LogP contribution in [-0.2, 0) is 16.8 Å². The smallest absolute Gasteiger partial charge is 0.219 e. The van der Waals surface area contributed by atoms with Crippen LogP contribution < -0.4 is 19.5 Å². The molecule has 0 spiro atoms. The number of methoxy groups -OCH3 is 3. The van der Waals surface area contributed by atoms with Gasteiger partial charge in [0.2, 0.25) is 5.91 Å². The molecule has 3 aromatic carbocycles. The molecule has 234 valence electrons. The molecule has 0 aliphatic carbocycles. The first kappa shape index (κ1) is 34.0. The Hall–Kier alpha value is -3.51. The van der Waals surface area contributed by atoms with E-state index in [0.717, 1.165) is 78.2 Å². The van der Waals surface area contributed by atoms with E-state index in [1.807, 2.05) is 66.7 Å². The molecule has 3 aromatic rings. The van der Waals surface area contributed by atoms with Gasteiger partial charge in [-0.25, -0.2) is 0 Å². The molecule has 1 amide bonds. The van der Waals surface area contributed by atoms with Crippen LogP contribution in [-0.4, -0.2) is 38.9 Å². The average molecular weight is 590 g/mol. The maximum Gasteiger partial charge on any atom is 0.219 e. The summed E-state index contributed by atoms with van der Waals surface area (Å²) in [7, 11) is 4.93. The van der Waals surface area contributed by atoms with E-state index in [1.54, 1.807) is 21.3 Å². The number of carbonyl (C=O) groups is 1. The number of aryl methyl sites for hydroxylation is 1. The van der Waals surface area contributed by atoms with E-state index in [-0.39, 0.29) is 5.91 Å². The van der Waals surface area contributed by atoms with Gasteiger partial charge in [-0.3, -0.25) is 4.79 Å². The van der Waals surface area contributed by atoms with Gasteiger partial charge in [0, 0.05) is 13.0 Å². The van der Waals surface area contributed by atoms with Crippen molar-refractivity contribution in [3.8, 4) is 17.2 Å². The van der Waals surface area contributed by atoms with Crippen LogP contribution in [0.25, 0.3) is 0 Å². The summed E-state index contributed by atoms with van der Waals surface area (Å²) in [5, 5.41) is 15.5. The zero-order valence-corrected chi connectivity index (χ0v) is 26.6. The van der Waals surface area contributed by atoms with E-state index in [1.165, 1.54) is 38.5 Å². The number of amides is 1. The molecular weight excluding hydrogens is 538 g/mol. The van der Waals surface area contributed by atoms with Gasteiger partial charge >= 0.3 is 0 Å². The second-order valence-electron chi connectivity index (χ2n) is 11.2. The fraction of sp³-hybridized carbons (Fsp3) is 0.486. The lowest BCUT2D eigenvalue weighted by molar-refractivity contribution is -0.121. The lowest BCUT2D eigenvalue weighted by Crippen LogP contribution is -2.29. The molecule has 0 heterocycles. The summed E-state index contributed by atoms with van der Waals surface area (Å²) in [6, 6.07) is 20.9. The number of carbonyl (C=O) groups excluding carboxylic acids is 1. The summed E-state index contributed by atoms with van der Waals surface area (Å²) in [6.45, 7) is 3.02. The highest BCUT2D eigenvalue weighted by Gasteiger charge is 2.34. The Morgan fingerprint density at radius 1 is 0.674 bits per heavy atom. The van der Waals surface area contributed by atoms with Crippen molar-refractivity contribution in [1.82, 2.24) is 5.32 Å². The number of rotatable bonds is 20. The summed E-state index contributed by atoms with van der Waals surface area (Å²) >= 11 is 0. The van der Waals surface area contributed by atoms with Crippen molar-refractivity contribution in [3.63, 3.8) is 0 Å². The maximum atomic E-state index is 12.4. The van der Waals surface area contributed by atoms with Crippen LogP contribution in [0.5, 0.6) is 17.2 Å². The SMILES string of the molecule is CCCCCCCCCNC(=O)CCCCCc1cc(C(O)(c2ccc(OC)cc2)c2ccc(OC)cc2)ccc1OC. The van der Waals surface area contributed by atoms with Crippen LogP contribution >= 0.6 is 0 Å². The molecule has 0 atom stereocenters. The molecule has 0 radical (unpaired) electrons. The van der Waals surface area contributed by atoms with Crippen LogP contribution in [0.4, 0.5) is 0 Å². The predicted octanol–water partition coefficient (Wildman–Crippen LogP) is 7.97. The topological polar surface area (TPSA) is 77.0 Å². The fourth-order valence-corrected chi connectivity index (χ4v) is 5.54. The van der Waals surface area contributed by atoms with Crippen molar-refractivity contribution in [3.05, 3.63) is 89.0 Å². The summed E-state index contributed by atoms with van der Waals surface area (Å²) in [5.74, 6) is 2.39. The molecule has 43 heavy (non-hydrogen) atoms. The Morgan fingerprint density at radius 2 is 1.21 bits per heavy atom. The largest absolute Gasteiger partial charge is 0.497 e. The number of ether oxygens (including phenoxy) is 3. The van der Waals surface area contributed by atoms with Crippen molar-refractivity contribution in [1.29, 1.82) is 0 Å². The molecule has 0 aliphatic heterocycles. The van der Waals surface area contributed by atoms with Crippen LogP contribution in [0.15, 0.2) is 66.7 Å². The molecule has 0 aliphatic rings. The van der Waals surface area contributed by atoms with Crippen molar-refractivity contribution in [2.75, 3.05) is 27.9 Å². The van der Waals surface area contributed by atoms with E-state index in [2.05, 4.69) is 12.2 Å². The molecule has 0 fully saturated rings.